The molecule has 2 rings (SSSR count). The van der Waals surface area contributed by atoms with E-state index in [1.807, 2.05) is 26.0 Å². The Morgan fingerprint density at radius 3 is 1.94 bits per heavy atom. The van der Waals surface area contributed by atoms with E-state index >= 15 is 0 Å². The van der Waals surface area contributed by atoms with Crippen molar-refractivity contribution in [3.8, 4) is 0 Å². The summed E-state index contributed by atoms with van der Waals surface area (Å²) in [5.41, 5.74) is 3.27. The average molecular weight is 215 g/mol. The van der Waals surface area contributed by atoms with Gasteiger partial charge in [0.2, 0.25) is 0 Å². The highest BCUT2D eigenvalue weighted by molar-refractivity contribution is 6.12. The van der Waals surface area contributed by atoms with E-state index in [4.69, 9.17) is 0 Å². The highest BCUT2D eigenvalue weighted by atomic mass is 16.2. The molecule has 1 aromatic rings. The van der Waals surface area contributed by atoms with E-state index in [9.17, 15) is 9.59 Å². The van der Waals surface area contributed by atoms with Gasteiger partial charge in [-0.05, 0) is 19.4 Å². The molecule has 3 heteroatoms. The monoisotopic (exact) mass is 215 g/mol. The van der Waals surface area contributed by atoms with E-state index in [1.54, 1.807) is 0 Å². The molecule has 1 heterocycles. The van der Waals surface area contributed by atoms with Gasteiger partial charge in [-0.15, -0.1) is 0 Å². The first-order valence-electron chi connectivity index (χ1n) is 5.17. The average Bonchev–Trinajstić information content (AvgIpc) is 2.48. The third-order valence-corrected chi connectivity index (χ3v) is 2.52. The molecular weight excluding hydrogens is 202 g/mol. The van der Waals surface area contributed by atoms with Crippen LogP contribution in [0.15, 0.2) is 30.4 Å². The molecule has 0 spiro atoms. The lowest BCUT2D eigenvalue weighted by Crippen LogP contribution is -2.29. The van der Waals surface area contributed by atoms with Crippen molar-refractivity contribution in [1.82, 2.24) is 4.90 Å². The van der Waals surface area contributed by atoms with E-state index in [-0.39, 0.29) is 11.8 Å². The van der Waals surface area contributed by atoms with Gasteiger partial charge in [-0.25, -0.2) is 0 Å². The summed E-state index contributed by atoms with van der Waals surface area (Å²) in [7, 11) is 0. The van der Waals surface area contributed by atoms with Crippen LogP contribution in [0, 0.1) is 13.8 Å². The number of carbonyl (C=O) groups excluding carboxylic acids is 2. The molecule has 0 aliphatic carbocycles. The Labute approximate surface area is 94.4 Å². The summed E-state index contributed by atoms with van der Waals surface area (Å²) in [6.07, 6.45) is 2.62. The first-order valence-corrected chi connectivity index (χ1v) is 5.17. The lowest BCUT2D eigenvalue weighted by Gasteiger charge is -2.14. The Morgan fingerprint density at radius 1 is 0.938 bits per heavy atom. The zero-order valence-corrected chi connectivity index (χ0v) is 9.36. The Hall–Kier alpha value is -1.90. The second-order valence-corrected chi connectivity index (χ2v) is 4.09. The standard InChI is InChI=1S/C13H13NO2/c1-9-5-10(2)7-11(6-9)8-14-12(15)3-4-13(14)16/h3-7H,8H2,1-2H3. The molecule has 0 radical (unpaired) electrons. The Kier molecular flexibility index (Phi) is 2.60. The smallest absolute Gasteiger partial charge is 0.253 e. The first-order chi connectivity index (χ1) is 7.56. The van der Waals surface area contributed by atoms with Crippen LogP contribution in [-0.2, 0) is 16.1 Å². The van der Waals surface area contributed by atoms with Gasteiger partial charge >= 0.3 is 0 Å². The predicted octanol–water partition coefficient (Wildman–Crippen LogP) is 1.73. The molecule has 0 unspecified atom stereocenters. The first kappa shape index (κ1) is 10.6. The van der Waals surface area contributed by atoms with Crippen LogP contribution in [-0.4, -0.2) is 16.7 Å². The number of imide groups is 1. The maximum Gasteiger partial charge on any atom is 0.253 e. The Bertz CT molecular complexity index is 450. The van der Waals surface area contributed by atoms with Crippen LogP contribution in [0.1, 0.15) is 16.7 Å². The lowest BCUT2D eigenvalue weighted by molar-refractivity contribution is -0.137. The number of hydrogen-bond acceptors (Lipinski definition) is 2. The second kappa shape index (κ2) is 3.93. The quantitative estimate of drug-likeness (QED) is 0.704. The molecule has 0 fully saturated rings. The van der Waals surface area contributed by atoms with Crippen LogP contribution in [0.25, 0.3) is 0 Å². The molecular formula is C13H13NO2. The van der Waals surface area contributed by atoms with Crippen LogP contribution in [0.5, 0.6) is 0 Å². The summed E-state index contributed by atoms with van der Waals surface area (Å²) in [6, 6.07) is 6.05. The third-order valence-electron chi connectivity index (χ3n) is 2.52. The Morgan fingerprint density at radius 2 is 1.44 bits per heavy atom. The second-order valence-electron chi connectivity index (χ2n) is 4.09. The lowest BCUT2D eigenvalue weighted by atomic mass is 10.1. The number of aryl methyl sites for hydroxylation is 2. The van der Waals surface area contributed by atoms with Gasteiger partial charge in [-0.2, -0.15) is 0 Å². The number of nitrogens with zero attached hydrogens (tertiary/aromatic N) is 1. The molecule has 2 amide bonds. The van der Waals surface area contributed by atoms with E-state index in [0.29, 0.717) is 6.54 Å². The van der Waals surface area contributed by atoms with Gasteiger partial charge in [0.05, 0.1) is 6.54 Å². The minimum Gasteiger partial charge on any atom is -0.271 e. The minimum absolute atomic E-state index is 0.232. The van der Waals surface area contributed by atoms with Crippen molar-refractivity contribution in [3.05, 3.63) is 47.0 Å². The zero-order valence-electron chi connectivity index (χ0n) is 9.36. The molecule has 3 nitrogen and oxygen atoms in total. The van der Waals surface area contributed by atoms with E-state index in [1.165, 1.54) is 17.1 Å². The Balaban J connectivity index is 2.21. The minimum atomic E-state index is -0.232. The molecule has 0 saturated heterocycles. The van der Waals surface area contributed by atoms with Crippen molar-refractivity contribution >= 4 is 11.8 Å². The van der Waals surface area contributed by atoms with Crippen molar-refractivity contribution in [2.24, 2.45) is 0 Å². The predicted molar refractivity (Wildman–Crippen MR) is 60.6 cm³/mol. The van der Waals surface area contributed by atoms with Crippen molar-refractivity contribution in [3.63, 3.8) is 0 Å². The number of benzene rings is 1. The van der Waals surface area contributed by atoms with E-state index < -0.39 is 0 Å². The molecule has 0 bridgehead atoms. The van der Waals surface area contributed by atoms with Gasteiger partial charge in [-0.1, -0.05) is 29.3 Å². The molecule has 1 aliphatic rings. The fourth-order valence-electron chi connectivity index (χ4n) is 1.93. The number of hydrogen-bond donors (Lipinski definition) is 0. The van der Waals surface area contributed by atoms with Crippen molar-refractivity contribution in [2.45, 2.75) is 20.4 Å². The molecule has 0 saturated carbocycles. The maximum atomic E-state index is 11.4. The number of rotatable bonds is 2. The van der Waals surface area contributed by atoms with Gasteiger partial charge < -0.3 is 0 Å². The zero-order chi connectivity index (χ0) is 11.7. The van der Waals surface area contributed by atoms with Gasteiger partial charge in [0.15, 0.2) is 0 Å². The van der Waals surface area contributed by atoms with Gasteiger partial charge in [0.1, 0.15) is 0 Å². The SMILES string of the molecule is Cc1cc(C)cc(CN2C(=O)C=CC2=O)c1. The van der Waals surface area contributed by atoms with Crippen LogP contribution >= 0.6 is 0 Å². The highest BCUT2D eigenvalue weighted by Crippen LogP contribution is 2.14. The number of amides is 2. The fraction of sp³-hybridized carbons (Fsp3) is 0.231. The molecule has 0 aromatic heterocycles. The van der Waals surface area contributed by atoms with E-state index in [0.717, 1.165) is 16.7 Å². The van der Waals surface area contributed by atoms with Gasteiger partial charge in [0.25, 0.3) is 11.8 Å². The number of carbonyl (C=O) groups is 2. The summed E-state index contributed by atoms with van der Waals surface area (Å²) in [5, 5.41) is 0. The summed E-state index contributed by atoms with van der Waals surface area (Å²) < 4.78 is 0. The van der Waals surface area contributed by atoms with Crippen LogP contribution in [0.2, 0.25) is 0 Å². The van der Waals surface area contributed by atoms with Crippen LogP contribution < -0.4 is 0 Å². The van der Waals surface area contributed by atoms with Crippen LogP contribution in [0.3, 0.4) is 0 Å². The molecule has 0 atom stereocenters. The molecule has 1 aliphatic heterocycles. The maximum absolute atomic E-state index is 11.4. The van der Waals surface area contributed by atoms with E-state index in [2.05, 4.69) is 6.07 Å². The molecule has 82 valence electrons. The third kappa shape index (κ3) is 2.03. The van der Waals surface area contributed by atoms with Crippen molar-refractivity contribution in [2.75, 3.05) is 0 Å². The topological polar surface area (TPSA) is 37.4 Å². The summed E-state index contributed by atoms with van der Waals surface area (Å²) >= 11 is 0. The largest absolute Gasteiger partial charge is 0.271 e. The normalized spacial score (nSPS) is 15.0. The van der Waals surface area contributed by atoms with Gasteiger partial charge in [-0.3, -0.25) is 14.5 Å². The molecule has 0 N–H and O–H groups in total. The molecule has 16 heavy (non-hydrogen) atoms. The summed E-state index contributed by atoms with van der Waals surface area (Å²) in [5.74, 6) is -0.465. The fourth-order valence-corrected chi connectivity index (χ4v) is 1.93. The highest BCUT2D eigenvalue weighted by Gasteiger charge is 2.23. The van der Waals surface area contributed by atoms with Crippen molar-refractivity contribution in [1.29, 1.82) is 0 Å². The summed E-state index contributed by atoms with van der Waals surface area (Å²) in [4.78, 5) is 24.0. The van der Waals surface area contributed by atoms with Crippen LogP contribution in [0.4, 0.5) is 0 Å². The summed E-state index contributed by atoms with van der Waals surface area (Å²) in [6.45, 7) is 4.36. The van der Waals surface area contributed by atoms with Crippen molar-refractivity contribution < 1.29 is 9.59 Å². The van der Waals surface area contributed by atoms with Gasteiger partial charge in [0, 0.05) is 12.2 Å². The molecule has 1 aromatic carbocycles.